The van der Waals surface area contributed by atoms with Crippen LogP contribution in [0.25, 0.3) is 0 Å². The minimum atomic E-state index is -0.582. The van der Waals surface area contributed by atoms with Gasteiger partial charge in [0.2, 0.25) is 11.8 Å². The summed E-state index contributed by atoms with van der Waals surface area (Å²) in [6, 6.07) is -0.582. The maximum atomic E-state index is 11.4. The van der Waals surface area contributed by atoms with Crippen molar-refractivity contribution in [1.29, 1.82) is 0 Å². The summed E-state index contributed by atoms with van der Waals surface area (Å²) < 4.78 is 0. The van der Waals surface area contributed by atoms with Crippen molar-refractivity contribution in [2.75, 3.05) is 13.1 Å². The summed E-state index contributed by atoms with van der Waals surface area (Å²) in [5.41, 5.74) is 5.17. The van der Waals surface area contributed by atoms with Crippen molar-refractivity contribution in [2.45, 2.75) is 33.2 Å². The van der Waals surface area contributed by atoms with Crippen molar-refractivity contribution in [1.82, 2.24) is 10.6 Å². The number of rotatable bonds is 7. The molecule has 0 heterocycles. The fourth-order valence-corrected chi connectivity index (χ4v) is 1.17. The smallest absolute Gasteiger partial charge is 0.240 e. The zero-order chi connectivity index (χ0) is 11.8. The van der Waals surface area contributed by atoms with Crippen LogP contribution in [-0.4, -0.2) is 30.9 Å². The number of carbonyl (C=O) groups is 2. The molecule has 0 aromatic rings. The fourth-order valence-electron chi connectivity index (χ4n) is 1.17. The molecule has 5 nitrogen and oxygen atoms in total. The molecule has 0 saturated carbocycles. The normalized spacial score (nSPS) is 12.5. The molecule has 5 heteroatoms. The highest BCUT2D eigenvalue weighted by molar-refractivity contribution is 5.87. The van der Waals surface area contributed by atoms with E-state index in [0.717, 1.165) is 13.0 Å². The molecule has 0 aliphatic carbocycles. The van der Waals surface area contributed by atoms with Crippen LogP contribution >= 0.6 is 0 Å². The highest BCUT2D eigenvalue weighted by atomic mass is 16.2. The van der Waals surface area contributed by atoms with Crippen molar-refractivity contribution < 1.29 is 9.59 Å². The standard InChI is InChI=1S/C10H21N3O2/c1-4-5-12-6-8(14)13-9(7(2)3)10(11)15/h7,9,12H,4-6H2,1-3H3,(H2,11,15)(H,13,14). The summed E-state index contributed by atoms with van der Waals surface area (Å²) in [6.07, 6.45) is 0.969. The molecule has 0 saturated heterocycles. The predicted molar refractivity (Wildman–Crippen MR) is 59.1 cm³/mol. The van der Waals surface area contributed by atoms with Crippen LogP contribution in [0.3, 0.4) is 0 Å². The number of primary amides is 1. The van der Waals surface area contributed by atoms with Crippen LogP contribution in [0.15, 0.2) is 0 Å². The maximum Gasteiger partial charge on any atom is 0.240 e. The Balaban J connectivity index is 3.95. The maximum absolute atomic E-state index is 11.4. The lowest BCUT2D eigenvalue weighted by molar-refractivity contribution is -0.127. The third-order valence-corrected chi connectivity index (χ3v) is 2.00. The number of nitrogens with two attached hydrogens (primary N) is 1. The molecule has 0 bridgehead atoms. The Labute approximate surface area is 90.8 Å². The second-order valence-electron chi connectivity index (χ2n) is 3.87. The van der Waals surface area contributed by atoms with Gasteiger partial charge in [-0.1, -0.05) is 20.8 Å². The van der Waals surface area contributed by atoms with Gasteiger partial charge in [-0.2, -0.15) is 0 Å². The molecule has 0 aromatic heterocycles. The van der Waals surface area contributed by atoms with Crippen LogP contribution in [0.1, 0.15) is 27.2 Å². The first-order valence-corrected chi connectivity index (χ1v) is 5.28. The number of nitrogens with one attached hydrogen (secondary N) is 2. The van der Waals surface area contributed by atoms with Gasteiger partial charge in [0, 0.05) is 0 Å². The molecule has 1 atom stereocenters. The zero-order valence-corrected chi connectivity index (χ0v) is 9.67. The van der Waals surface area contributed by atoms with E-state index in [1.807, 2.05) is 20.8 Å². The SMILES string of the molecule is CCCNCC(=O)NC(C(N)=O)C(C)C. The molecule has 1 unspecified atom stereocenters. The van der Waals surface area contributed by atoms with Gasteiger partial charge in [-0.05, 0) is 18.9 Å². The molecule has 0 aromatic carbocycles. The summed E-state index contributed by atoms with van der Waals surface area (Å²) in [5.74, 6) is -0.674. The number of carbonyl (C=O) groups excluding carboxylic acids is 2. The molecule has 88 valence electrons. The van der Waals surface area contributed by atoms with Gasteiger partial charge in [0.1, 0.15) is 6.04 Å². The Kier molecular flexibility index (Phi) is 6.70. The molecule has 0 fully saturated rings. The quantitative estimate of drug-likeness (QED) is 0.506. The molecule has 4 N–H and O–H groups in total. The summed E-state index contributed by atoms with van der Waals surface area (Å²) in [6.45, 7) is 6.72. The summed E-state index contributed by atoms with van der Waals surface area (Å²) >= 11 is 0. The molecular weight excluding hydrogens is 194 g/mol. The van der Waals surface area contributed by atoms with Crippen LogP contribution in [0.4, 0.5) is 0 Å². The highest BCUT2D eigenvalue weighted by Gasteiger charge is 2.20. The fraction of sp³-hybridized carbons (Fsp3) is 0.800. The average Bonchev–Trinajstić information content (AvgIpc) is 2.13. The first kappa shape index (κ1) is 13.9. The van der Waals surface area contributed by atoms with Crippen LogP contribution in [0.2, 0.25) is 0 Å². The summed E-state index contributed by atoms with van der Waals surface area (Å²) in [7, 11) is 0. The van der Waals surface area contributed by atoms with Gasteiger partial charge < -0.3 is 16.4 Å². The second kappa shape index (κ2) is 7.23. The van der Waals surface area contributed by atoms with Gasteiger partial charge >= 0.3 is 0 Å². The van der Waals surface area contributed by atoms with E-state index in [2.05, 4.69) is 10.6 Å². The van der Waals surface area contributed by atoms with E-state index in [-0.39, 0.29) is 18.4 Å². The van der Waals surface area contributed by atoms with Crippen molar-refractivity contribution >= 4 is 11.8 Å². The third-order valence-electron chi connectivity index (χ3n) is 2.00. The number of hydrogen-bond acceptors (Lipinski definition) is 3. The topological polar surface area (TPSA) is 84.2 Å². The molecule has 0 radical (unpaired) electrons. The van der Waals surface area contributed by atoms with Gasteiger partial charge in [-0.15, -0.1) is 0 Å². The van der Waals surface area contributed by atoms with E-state index in [0.29, 0.717) is 0 Å². The Morgan fingerprint density at radius 3 is 2.33 bits per heavy atom. The molecule has 0 aliphatic heterocycles. The average molecular weight is 215 g/mol. The van der Waals surface area contributed by atoms with E-state index in [1.165, 1.54) is 0 Å². The monoisotopic (exact) mass is 215 g/mol. The summed E-state index contributed by atoms with van der Waals surface area (Å²) in [5, 5.41) is 5.55. The second-order valence-corrected chi connectivity index (χ2v) is 3.87. The van der Waals surface area contributed by atoms with Crippen LogP contribution in [0.5, 0.6) is 0 Å². The summed E-state index contributed by atoms with van der Waals surface area (Å²) in [4.78, 5) is 22.3. The van der Waals surface area contributed by atoms with Gasteiger partial charge in [0.25, 0.3) is 0 Å². The number of amides is 2. The largest absolute Gasteiger partial charge is 0.368 e. The lowest BCUT2D eigenvalue weighted by atomic mass is 10.0. The Hall–Kier alpha value is -1.10. The van der Waals surface area contributed by atoms with Gasteiger partial charge in [0.15, 0.2) is 0 Å². The third kappa shape index (κ3) is 6.06. The molecule has 0 rings (SSSR count). The first-order valence-electron chi connectivity index (χ1n) is 5.28. The van der Waals surface area contributed by atoms with Crippen LogP contribution < -0.4 is 16.4 Å². The molecular formula is C10H21N3O2. The molecule has 0 spiro atoms. The van der Waals surface area contributed by atoms with Crippen LogP contribution in [0, 0.1) is 5.92 Å². The van der Waals surface area contributed by atoms with E-state index in [4.69, 9.17) is 5.73 Å². The molecule has 2 amide bonds. The lowest BCUT2D eigenvalue weighted by Gasteiger charge is -2.18. The number of hydrogen-bond donors (Lipinski definition) is 3. The van der Waals surface area contributed by atoms with Crippen LogP contribution in [-0.2, 0) is 9.59 Å². The Morgan fingerprint density at radius 1 is 1.33 bits per heavy atom. The van der Waals surface area contributed by atoms with Gasteiger partial charge in [-0.25, -0.2) is 0 Å². The van der Waals surface area contributed by atoms with Crippen molar-refractivity contribution in [3.05, 3.63) is 0 Å². The Morgan fingerprint density at radius 2 is 1.93 bits per heavy atom. The van der Waals surface area contributed by atoms with Crippen molar-refractivity contribution in [3.63, 3.8) is 0 Å². The zero-order valence-electron chi connectivity index (χ0n) is 9.67. The van der Waals surface area contributed by atoms with E-state index in [1.54, 1.807) is 0 Å². The highest BCUT2D eigenvalue weighted by Crippen LogP contribution is 1.99. The van der Waals surface area contributed by atoms with Gasteiger partial charge in [-0.3, -0.25) is 9.59 Å². The first-order chi connectivity index (χ1) is 6.99. The minimum absolute atomic E-state index is 0.0117. The minimum Gasteiger partial charge on any atom is -0.368 e. The van der Waals surface area contributed by atoms with Crippen molar-refractivity contribution in [3.8, 4) is 0 Å². The lowest BCUT2D eigenvalue weighted by Crippen LogP contribution is -2.50. The van der Waals surface area contributed by atoms with Crippen molar-refractivity contribution in [2.24, 2.45) is 11.7 Å². The van der Waals surface area contributed by atoms with Gasteiger partial charge in [0.05, 0.1) is 6.54 Å². The predicted octanol–water partition coefficient (Wildman–Crippen LogP) is -0.388. The van der Waals surface area contributed by atoms with E-state index < -0.39 is 11.9 Å². The molecule has 15 heavy (non-hydrogen) atoms. The van der Waals surface area contributed by atoms with E-state index in [9.17, 15) is 9.59 Å². The Bertz CT molecular complexity index is 217. The molecule has 0 aliphatic rings. The van der Waals surface area contributed by atoms with E-state index >= 15 is 0 Å².